The average molecular weight is 433 g/mol. The summed E-state index contributed by atoms with van der Waals surface area (Å²) >= 11 is 0. The van der Waals surface area contributed by atoms with Gasteiger partial charge < -0.3 is 19.5 Å². The third-order valence-corrected chi connectivity index (χ3v) is 5.99. The van der Waals surface area contributed by atoms with Crippen molar-refractivity contribution in [3.63, 3.8) is 0 Å². The number of methoxy groups -OCH3 is 1. The van der Waals surface area contributed by atoms with Crippen LogP contribution in [0.4, 0.5) is 17.6 Å². The molecule has 0 radical (unpaired) electrons. The summed E-state index contributed by atoms with van der Waals surface area (Å²) in [5.41, 5.74) is 3.29. The van der Waals surface area contributed by atoms with Gasteiger partial charge in [0.15, 0.2) is 0 Å². The summed E-state index contributed by atoms with van der Waals surface area (Å²) in [6, 6.07) is 6.39. The van der Waals surface area contributed by atoms with E-state index in [0.717, 1.165) is 65.7 Å². The summed E-state index contributed by atoms with van der Waals surface area (Å²) in [5, 5.41) is 11.5. The Morgan fingerprint density at radius 3 is 2.69 bits per heavy atom. The van der Waals surface area contributed by atoms with E-state index in [1.165, 1.54) is 0 Å². The van der Waals surface area contributed by atoms with Crippen LogP contribution in [-0.2, 0) is 4.74 Å². The van der Waals surface area contributed by atoms with Crippen molar-refractivity contribution in [2.45, 2.75) is 38.8 Å². The van der Waals surface area contributed by atoms with Gasteiger partial charge >= 0.3 is 0 Å². The van der Waals surface area contributed by atoms with Crippen LogP contribution >= 0.6 is 0 Å². The van der Waals surface area contributed by atoms with E-state index in [2.05, 4.69) is 60.9 Å². The first-order chi connectivity index (χ1) is 15.6. The lowest BCUT2D eigenvalue weighted by Gasteiger charge is -2.31. The van der Waals surface area contributed by atoms with Gasteiger partial charge in [-0.1, -0.05) is 0 Å². The standard InChI is InChI=1S/C23H28N8O/c1-15(2)31-19(17-13-26-27-14-17)10-16-12-25-22(11-20(16)31)28-21-4-7-24-23(29-21)30-8-5-18(32-3)6-9-30/h4,7,10-15,18H,5-6,8-9H2,1-3H3,(H,26,27)(H,24,25,28,29). The van der Waals surface area contributed by atoms with E-state index in [1.807, 2.05) is 24.7 Å². The molecular formula is C23H28N8O. The maximum Gasteiger partial charge on any atom is 0.227 e. The molecule has 0 amide bonds. The predicted molar refractivity (Wildman–Crippen MR) is 125 cm³/mol. The molecule has 1 fully saturated rings. The number of nitrogens with one attached hydrogen (secondary N) is 2. The van der Waals surface area contributed by atoms with Gasteiger partial charge in [-0.05, 0) is 38.8 Å². The van der Waals surface area contributed by atoms with Crippen LogP contribution in [0.25, 0.3) is 22.2 Å². The molecule has 0 bridgehead atoms. The maximum absolute atomic E-state index is 5.47. The molecule has 1 saturated heterocycles. The number of piperidine rings is 1. The van der Waals surface area contributed by atoms with Gasteiger partial charge in [0.2, 0.25) is 5.95 Å². The van der Waals surface area contributed by atoms with Crippen molar-refractivity contribution in [3.05, 3.63) is 43.0 Å². The summed E-state index contributed by atoms with van der Waals surface area (Å²) in [4.78, 5) is 16.0. The Morgan fingerprint density at radius 2 is 1.97 bits per heavy atom. The fourth-order valence-corrected chi connectivity index (χ4v) is 4.35. The van der Waals surface area contributed by atoms with Crippen LogP contribution < -0.4 is 10.2 Å². The van der Waals surface area contributed by atoms with Crippen molar-refractivity contribution in [3.8, 4) is 11.3 Å². The summed E-state index contributed by atoms with van der Waals surface area (Å²) < 4.78 is 7.77. The summed E-state index contributed by atoms with van der Waals surface area (Å²) in [6.07, 6.45) is 9.75. The lowest BCUT2D eigenvalue weighted by atomic mass is 10.1. The van der Waals surface area contributed by atoms with E-state index in [-0.39, 0.29) is 6.04 Å². The largest absolute Gasteiger partial charge is 0.381 e. The number of aromatic nitrogens is 6. The highest BCUT2D eigenvalue weighted by atomic mass is 16.5. The lowest BCUT2D eigenvalue weighted by molar-refractivity contribution is 0.0816. The van der Waals surface area contributed by atoms with Gasteiger partial charge in [-0.2, -0.15) is 10.1 Å². The third-order valence-electron chi connectivity index (χ3n) is 5.99. The monoisotopic (exact) mass is 432 g/mol. The zero-order valence-corrected chi connectivity index (χ0v) is 18.6. The van der Waals surface area contributed by atoms with E-state index >= 15 is 0 Å². The van der Waals surface area contributed by atoms with Crippen LogP contribution in [0.1, 0.15) is 32.7 Å². The van der Waals surface area contributed by atoms with E-state index in [9.17, 15) is 0 Å². The molecule has 9 nitrogen and oxygen atoms in total. The third kappa shape index (κ3) is 3.91. The van der Waals surface area contributed by atoms with Crippen molar-refractivity contribution < 1.29 is 4.74 Å². The molecule has 4 aromatic heterocycles. The topological polar surface area (TPSA) is 96.8 Å². The molecule has 1 aliphatic heterocycles. The second-order valence-electron chi connectivity index (χ2n) is 8.40. The predicted octanol–water partition coefficient (Wildman–Crippen LogP) is 4.16. The Morgan fingerprint density at radius 1 is 1.12 bits per heavy atom. The number of anilines is 3. The summed E-state index contributed by atoms with van der Waals surface area (Å²) in [7, 11) is 1.78. The van der Waals surface area contributed by atoms with E-state index in [1.54, 1.807) is 13.3 Å². The van der Waals surface area contributed by atoms with Gasteiger partial charge in [0.25, 0.3) is 0 Å². The Hall–Kier alpha value is -3.46. The van der Waals surface area contributed by atoms with Gasteiger partial charge in [0.1, 0.15) is 11.6 Å². The van der Waals surface area contributed by atoms with E-state index in [4.69, 9.17) is 9.72 Å². The first-order valence-corrected chi connectivity index (χ1v) is 11.0. The number of aromatic amines is 1. The molecule has 5 rings (SSSR count). The molecule has 166 valence electrons. The molecule has 2 N–H and O–H groups in total. The number of hydrogen-bond acceptors (Lipinski definition) is 7. The molecule has 0 aliphatic carbocycles. The summed E-state index contributed by atoms with van der Waals surface area (Å²) in [5.74, 6) is 2.21. The number of rotatable bonds is 6. The Kier molecular flexibility index (Phi) is 5.48. The van der Waals surface area contributed by atoms with Gasteiger partial charge in [0.05, 0.1) is 23.5 Å². The molecular weight excluding hydrogens is 404 g/mol. The highest BCUT2D eigenvalue weighted by Gasteiger charge is 2.21. The molecule has 5 heterocycles. The van der Waals surface area contributed by atoms with Crippen molar-refractivity contribution in [1.29, 1.82) is 0 Å². The second kappa shape index (κ2) is 8.58. The first kappa shape index (κ1) is 20.4. The minimum atomic E-state index is 0.285. The van der Waals surface area contributed by atoms with Crippen molar-refractivity contribution >= 4 is 28.5 Å². The van der Waals surface area contributed by atoms with Gasteiger partial charge in [-0.15, -0.1) is 0 Å². The smallest absolute Gasteiger partial charge is 0.227 e. The van der Waals surface area contributed by atoms with Crippen molar-refractivity contribution in [2.24, 2.45) is 0 Å². The molecule has 0 spiro atoms. The molecule has 0 saturated carbocycles. The van der Waals surface area contributed by atoms with Gasteiger partial charge in [-0.3, -0.25) is 5.10 Å². The number of pyridine rings is 1. The fraction of sp³-hybridized carbons (Fsp3) is 0.391. The molecule has 0 unspecified atom stereocenters. The molecule has 0 aromatic carbocycles. The first-order valence-electron chi connectivity index (χ1n) is 11.0. The molecule has 4 aromatic rings. The highest BCUT2D eigenvalue weighted by molar-refractivity contribution is 5.88. The van der Waals surface area contributed by atoms with Crippen LogP contribution in [-0.4, -0.2) is 56.0 Å². The zero-order chi connectivity index (χ0) is 22.1. The summed E-state index contributed by atoms with van der Waals surface area (Å²) in [6.45, 7) is 6.15. The van der Waals surface area contributed by atoms with Crippen LogP contribution in [0.15, 0.2) is 43.0 Å². The highest BCUT2D eigenvalue weighted by Crippen LogP contribution is 2.32. The lowest BCUT2D eigenvalue weighted by Crippen LogP contribution is -2.37. The van der Waals surface area contributed by atoms with Crippen LogP contribution in [0.5, 0.6) is 0 Å². The number of ether oxygens (including phenoxy) is 1. The van der Waals surface area contributed by atoms with Crippen molar-refractivity contribution in [2.75, 3.05) is 30.4 Å². The molecule has 0 atom stereocenters. The average Bonchev–Trinajstić information content (AvgIpc) is 3.47. The quantitative estimate of drug-likeness (QED) is 0.472. The normalized spacial score (nSPS) is 15.1. The second-order valence-corrected chi connectivity index (χ2v) is 8.40. The fourth-order valence-electron chi connectivity index (χ4n) is 4.35. The minimum Gasteiger partial charge on any atom is -0.381 e. The Bertz CT molecular complexity index is 1190. The molecule has 9 heteroatoms. The Balaban J connectivity index is 1.42. The van der Waals surface area contributed by atoms with E-state index < -0.39 is 0 Å². The molecule has 1 aliphatic rings. The van der Waals surface area contributed by atoms with Crippen LogP contribution in [0.2, 0.25) is 0 Å². The van der Waals surface area contributed by atoms with Crippen LogP contribution in [0.3, 0.4) is 0 Å². The number of fused-ring (bicyclic) bond motifs is 1. The van der Waals surface area contributed by atoms with Gasteiger partial charge in [-0.25, -0.2) is 9.97 Å². The van der Waals surface area contributed by atoms with E-state index in [0.29, 0.717) is 6.10 Å². The molecule has 32 heavy (non-hydrogen) atoms. The van der Waals surface area contributed by atoms with Crippen LogP contribution in [0, 0.1) is 0 Å². The minimum absolute atomic E-state index is 0.285. The number of nitrogens with zero attached hydrogens (tertiary/aromatic N) is 6. The SMILES string of the molecule is COC1CCN(c2nccc(Nc3cc4c(cn3)cc(-c3cn[nH]c3)n4C(C)C)n2)CC1. The number of hydrogen-bond donors (Lipinski definition) is 2. The number of H-pyrrole nitrogens is 1. The van der Waals surface area contributed by atoms with Gasteiger partial charge in [0, 0.05) is 61.8 Å². The zero-order valence-electron chi connectivity index (χ0n) is 18.6. The maximum atomic E-state index is 5.47. The van der Waals surface area contributed by atoms with Crippen molar-refractivity contribution in [1.82, 2.24) is 29.7 Å². The Labute approximate surface area is 186 Å².